The van der Waals surface area contributed by atoms with Crippen LogP contribution in [0.1, 0.15) is 102 Å². The average molecular weight is 329 g/mol. The minimum atomic E-state index is 0.840. The van der Waals surface area contributed by atoms with Gasteiger partial charge in [0.25, 0.3) is 0 Å². The first-order valence-electron chi connectivity index (χ1n) is 10.8. The maximum Gasteiger partial charge on any atom is -0.0162 e. The van der Waals surface area contributed by atoms with E-state index in [0.717, 1.165) is 23.7 Å². The predicted octanol–water partition coefficient (Wildman–Crippen LogP) is 7.90. The van der Waals surface area contributed by atoms with Gasteiger partial charge in [-0.1, -0.05) is 89.1 Å². The highest BCUT2D eigenvalue weighted by atomic mass is 14.3. The Morgan fingerprint density at radius 2 is 1.17 bits per heavy atom. The van der Waals surface area contributed by atoms with Gasteiger partial charge in [-0.15, -0.1) is 0 Å². The first kappa shape index (κ1) is 19.5. The molecule has 0 unspecified atom stereocenters. The summed E-state index contributed by atoms with van der Waals surface area (Å²) in [6.45, 7) is 8.62. The SMILES string of the molecule is CC.Cc1ccc(C2CCC(CCC3CCC(C)CC3)CC2)cc1. The molecule has 2 aliphatic rings. The van der Waals surface area contributed by atoms with E-state index in [9.17, 15) is 0 Å². The number of hydrogen-bond acceptors (Lipinski definition) is 0. The monoisotopic (exact) mass is 328 g/mol. The number of hydrogen-bond donors (Lipinski definition) is 0. The Hall–Kier alpha value is -0.780. The molecule has 3 rings (SSSR count). The Morgan fingerprint density at radius 1 is 0.708 bits per heavy atom. The highest BCUT2D eigenvalue weighted by molar-refractivity contribution is 5.24. The Balaban J connectivity index is 0.00000100. The summed E-state index contributed by atoms with van der Waals surface area (Å²) in [5, 5.41) is 0. The van der Waals surface area contributed by atoms with Crippen LogP contribution >= 0.6 is 0 Å². The van der Waals surface area contributed by atoms with Crippen molar-refractivity contribution in [3.05, 3.63) is 35.4 Å². The summed E-state index contributed by atoms with van der Waals surface area (Å²) >= 11 is 0. The highest BCUT2D eigenvalue weighted by Crippen LogP contribution is 2.39. The molecule has 136 valence electrons. The molecule has 1 aromatic carbocycles. The van der Waals surface area contributed by atoms with Gasteiger partial charge in [-0.2, -0.15) is 0 Å². The molecule has 0 saturated heterocycles. The topological polar surface area (TPSA) is 0 Å². The van der Waals surface area contributed by atoms with Crippen molar-refractivity contribution in [3.8, 4) is 0 Å². The lowest BCUT2D eigenvalue weighted by atomic mass is 9.74. The standard InChI is InChI=1S/C22H34.C2H6/c1-17-3-7-19(8-4-17)9-10-20-11-15-22(16-12-20)21-13-5-18(2)6-14-21;1-2/h5-6,13-14,17,19-20,22H,3-4,7-12,15-16H2,1-2H3;1-2H3. The third-order valence-corrected chi connectivity index (χ3v) is 6.51. The van der Waals surface area contributed by atoms with Crippen LogP contribution in [-0.4, -0.2) is 0 Å². The van der Waals surface area contributed by atoms with E-state index in [2.05, 4.69) is 38.1 Å². The van der Waals surface area contributed by atoms with Gasteiger partial charge in [-0.25, -0.2) is 0 Å². The van der Waals surface area contributed by atoms with Crippen molar-refractivity contribution in [1.29, 1.82) is 0 Å². The van der Waals surface area contributed by atoms with Crippen LogP contribution < -0.4 is 0 Å². The van der Waals surface area contributed by atoms with Crippen LogP contribution in [0.3, 0.4) is 0 Å². The second kappa shape index (κ2) is 10.3. The molecule has 0 atom stereocenters. The Morgan fingerprint density at radius 3 is 1.67 bits per heavy atom. The lowest BCUT2D eigenvalue weighted by Gasteiger charge is -2.31. The maximum atomic E-state index is 2.43. The number of aryl methyl sites for hydroxylation is 1. The van der Waals surface area contributed by atoms with Gasteiger partial charge >= 0.3 is 0 Å². The van der Waals surface area contributed by atoms with Crippen molar-refractivity contribution in [2.24, 2.45) is 17.8 Å². The quantitative estimate of drug-likeness (QED) is 0.527. The van der Waals surface area contributed by atoms with Crippen LogP contribution in [0.5, 0.6) is 0 Å². The van der Waals surface area contributed by atoms with E-state index < -0.39 is 0 Å². The third kappa shape index (κ3) is 5.94. The van der Waals surface area contributed by atoms with Crippen molar-refractivity contribution in [2.75, 3.05) is 0 Å². The average Bonchev–Trinajstić information content (AvgIpc) is 2.64. The Labute approximate surface area is 151 Å². The van der Waals surface area contributed by atoms with Gasteiger partial charge in [0.15, 0.2) is 0 Å². The minimum Gasteiger partial charge on any atom is -0.0683 e. The molecule has 0 spiro atoms. The highest BCUT2D eigenvalue weighted by Gasteiger charge is 2.24. The summed E-state index contributed by atoms with van der Waals surface area (Å²) in [5.41, 5.74) is 2.98. The maximum absolute atomic E-state index is 2.43. The zero-order chi connectivity index (χ0) is 17.4. The first-order valence-corrected chi connectivity index (χ1v) is 10.8. The van der Waals surface area contributed by atoms with E-state index in [4.69, 9.17) is 0 Å². The summed E-state index contributed by atoms with van der Waals surface area (Å²) in [5.74, 6) is 3.93. The van der Waals surface area contributed by atoms with Gasteiger partial charge in [0, 0.05) is 0 Å². The predicted molar refractivity (Wildman–Crippen MR) is 108 cm³/mol. The molecular formula is C24H40. The van der Waals surface area contributed by atoms with Crippen molar-refractivity contribution < 1.29 is 0 Å². The number of benzene rings is 1. The smallest absolute Gasteiger partial charge is 0.0162 e. The van der Waals surface area contributed by atoms with Crippen LogP contribution in [0, 0.1) is 24.7 Å². The lowest BCUT2D eigenvalue weighted by Crippen LogP contribution is -2.16. The lowest BCUT2D eigenvalue weighted by molar-refractivity contribution is 0.237. The second-order valence-electron chi connectivity index (χ2n) is 8.33. The molecule has 2 aliphatic carbocycles. The summed E-state index contributed by atoms with van der Waals surface area (Å²) in [4.78, 5) is 0. The van der Waals surface area contributed by atoms with Crippen LogP contribution in [0.25, 0.3) is 0 Å². The minimum absolute atomic E-state index is 0.840. The molecule has 0 radical (unpaired) electrons. The fourth-order valence-electron chi connectivity index (χ4n) is 4.71. The van der Waals surface area contributed by atoms with E-state index in [1.54, 1.807) is 5.56 Å². The van der Waals surface area contributed by atoms with Crippen LogP contribution in [0.4, 0.5) is 0 Å². The van der Waals surface area contributed by atoms with Gasteiger partial charge in [0.2, 0.25) is 0 Å². The molecule has 0 amide bonds. The molecule has 0 nitrogen and oxygen atoms in total. The van der Waals surface area contributed by atoms with Gasteiger partial charge < -0.3 is 0 Å². The van der Waals surface area contributed by atoms with Crippen LogP contribution in [0.2, 0.25) is 0 Å². The van der Waals surface area contributed by atoms with Crippen LogP contribution in [0.15, 0.2) is 24.3 Å². The van der Waals surface area contributed by atoms with Crippen molar-refractivity contribution >= 4 is 0 Å². The second-order valence-corrected chi connectivity index (χ2v) is 8.33. The summed E-state index contributed by atoms with van der Waals surface area (Å²) in [6.07, 6.45) is 14.8. The molecule has 0 bridgehead atoms. The van der Waals surface area contributed by atoms with Gasteiger partial charge in [-0.3, -0.25) is 0 Å². The van der Waals surface area contributed by atoms with Gasteiger partial charge in [0.1, 0.15) is 0 Å². The molecule has 1 aromatic rings. The van der Waals surface area contributed by atoms with E-state index in [1.165, 1.54) is 69.8 Å². The fourth-order valence-corrected chi connectivity index (χ4v) is 4.71. The summed E-state index contributed by atoms with van der Waals surface area (Å²) in [7, 11) is 0. The zero-order valence-electron chi connectivity index (χ0n) is 16.7. The Bertz CT molecular complexity index is 428. The molecule has 2 saturated carbocycles. The van der Waals surface area contributed by atoms with Gasteiger partial charge in [-0.05, 0) is 61.8 Å². The molecule has 0 aromatic heterocycles. The normalized spacial score (nSPS) is 30.3. The summed E-state index contributed by atoms with van der Waals surface area (Å²) in [6, 6.07) is 9.30. The van der Waals surface area contributed by atoms with E-state index >= 15 is 0 Å². The first-order chi connectivity index (χ1) is 11.7. The van der Waals surface area contributed by atoms with Gasteiger partial charge in [0.05, 0.1) is 0 Å². The largest absolute Gasteiger partial charge is 0.0683 e. The fraction of sp³-hybridized carbons (Fsp3) is 0.750. The van der Waals surface area contributed by atoms with Crippen LogP contribution in [-0.2, 0) is 0 Å². The molecule has 0 aliphatic heterocycles. The molecule has 24 heavy (non-hydrogen) atoms. The number of rotatable bonds is 4. The summed E-state index contributed by atoms with van der Waals surface area (Å²) < 4.78 is 0. The van der Waals surface area contributed by atoms with Crippen molar-refractivity contribution in [2.45, 2.75) is 97.8 Å². The van der Waals surface area contributed by atoms with E-state index in [-0.39, 0.29) is 0 Å². The molecular weight excluding hydrogens is 288 g/mol. The van der Waals surface area contributed by atoms with Crippen molar-refractivity contribution in [3.63, 3.8) is 0 Å². The third-order valence-electron chi connectivity index (χ3n) is 6.51. The van der Waals surface area contributed by atoms with E-state index in [0.29, 0.717) is 0 Å². The van der Waals surface area contributed by atoms with E-state index in [1.807, 2.05) is 13.8 Å². The Kier molecular flexibility index (Phi) is 8.36. The molecule has 0 N–H and O–H groups in total. The molecule has 0 heteroatoms. The molecule has 2 fully saturated rings. The zero-order valence-corrected chi connectivity index (χ0v) is 16.7. The van der Waals surface area contributed by atoms with Crippen molar-refractivity contribution in [1.82, 2.24) is 0 Å². The molecule has 0 heterocycles.